The van der Waals surface area contributed by atoms with E-state index < -0.39 is 26.5 Å². The number of esters is 2. The van der Waals surface area contributed by atoms with E-state index in [1.807, 2.05) is 0 Å². The van der Waals surface area contributed by atoms with Gasteiger partial charge in [-0.3, -0.25) is 18.6 Å². The highest BCUT2D eigenvalue weighted by Gasteiger charge is 2.26. The topological polar surface area (TPSA) is 134 Å². The van der Waals surface area contributed by atoms with Crippen molar-refractivity contribution >= 4 is 19.8 Å². The number of carbonyl (C=O) groups is 2. The van der Waals surface area contributed by atoms with Crippen molar-refractivity contribution in [1.29, 1.82) is 0 Å². The van der Waals surface area contributed by atoms with E-state index in [1.165, 1.54) is 270 Å². The maximum Gasteiger partial charge on any atom is 0.472 e. The van der Waals surface area contributed by atoms with Crippen LogP contribution >= 0.6 is 7.82 Å². The average Bonchev–Trinajstić information content (AvgIpc) is 3.04. The number of nitrogens with two attached hydrogens (primary N) is 1. The molecule has 9 nitrogen and oxygen atoms in total. The molecule has 0 rings (SSSR count). The Morgan fingerprint density at radius 2 is 0.559 bits per heavy atom. The normalized spacial score (nSPS) is 13.4. The molecule has 0 saturated carbocycles. The molecule has 10 heteroatoms. The zero-order chi connectivity index (χ0) is 67.2. The van der Waals surface area contributed by atoms with Crippen LogP contribution in [0.2, 0.25) is 0 Å². The van der Waals surface area contributed by atoms with Crippen LogP contribution in [0.4, 0.5) is 0 Å². The van der Waals surface area contributed by atoms with E-state index in [0.29, 0.717) is 6.42 Å². The third-order valence-electron chi connectivity index (χ3n) is 17.5. The van der Waals surface area contributed by atoms with Crippen molar-refractivity contribution in [3.63, 3.8) is 0 Å². The Kier molecular flexibility index (Phi) is 75.4. The summed E-state index contributed by atoms with van der Waals surface area (Å²) >= 11 is 0. The van der Waals surface area contributed by atoms with E-state index in [2.05, 4.69) is 111 Å². The summed E-state index contributed by atoms with van der Waals surface area (Å²) in [4.78, 5) is 35.5. The van der Waals surface area contributed by atoms with Gasteiger partial charge in [0, 0.05) is 19.4 Å². The summed E-state index contributed by atoms with van der Waals surface area (Å²) in [6, 6.07) is 0. The molecule has 0 amide bonds. The highest BCUT2D eigenvalue weighted by molar-refractivity contribution is 7.47. The molecule has 0 bridgehead atoms. The van der Waals surface area contributed by atoms with Gasteiger partial charge < -0.3 is 20.1 Å². The van der Waals surface area contributed by atoms with Crippen LogP contribution in [-0.2, 0) is 32.7 Å². The van der Waals surface area contributed by atoms with Crippen molar-refractivity contribution in [2.45, 2.75) is 392 Å². The zero-order valence-corrected chi connectivity index (χ0v) is 61.9. The second-order valence-corrected chi connectivity index (χ2v) is 28.0. The lowest BCUT2D eigenvalue weighted by atomic mass is 10.0. The predicted molar refractivity (Wildman–Crippen MR) is 404 cm³/mol. The highest BCUT2D eigenvalue weighted by Crippen LogP contribution is 2.43. The Labute approximate surface area is 576 Å². The molecule has 0 heterocycles. The molecular formula is C83H150NO8P. The molecule has 0 aliphatic rings. The van der Waals surface area contributed by atoms with Crippen molar-refractivity contribution in [3.05, 3.63) is 97.2 Å². The van der Waals surface area contributed by atoms with E-state index >= 15 is 0 Å². The first-order valence-corrected chi connectivity index (χ1v) is 41.2. The lowest BCUT2D eigenvalue weighted by Crippen LogP contribution is -2.29. The maximum atomic E-state index is 12.8. The van der Waals surface area contributed by atoms with Gasteiger partial charge in [-0.1, -0.05) is 381 Å². The van der Waals surface area contributed by atoms with Crippen LogP contribution in [0.15, 0.2) is 97.2 Å². The summed E-state index contributed by atoms with van der Waals surface area (Å²) in [6.07, 6.45) is 107. The van der Waals surface area contributed by atoms with Crippen LogP contribution in [-0.4, -0.2) is 49.3 Å². The number of hydrogen-bond donors (Lipinski definition) is 2. The van der Waals surface area contributed by atoms with E-state index in [1.54, 1.807) is 0 Å². The van der Waals surface area contributed by atoms with Crippen LogP contribution in [0, 0.1) is 0 Å². The van der Waals surface area contributed by atoms with Crippen LogP contribution in [0.25, 0.3) is 0 Å². The van der Waals surface area contributed by atoms with Crippen LogP contribution in [0.3, 0.4) is 0 Å². The van der Waals surface area contributed by atoms with E-state index in [4.69, 9.17) is 24.3 Å². The van der Waals surface area contributed by atoms with Crippen molar-refractivity contribution in [1.82, 2.24) is 0 Å². The van der Waals surface area contributed by atoms with Gasteiger partial charge in [-0.15, -0.1) is 0 Å². The van der Waals surface area contributed by atoms with Gasteiger partial charge in [0.1, 0.15) is 6.61 Å². The molecule has 540 valence electrons. The summed E-state index contributed by atoms with van der Waals surface area (Å²) in [5, 5.41) is 0. The van der Waals surface area contributed by atoms with Gasteiger partial charge in [-0.2, -0.15) is 0 Å². The van der Waals surface area contributed by atoms with Crippen molar-refractivity contribution in [3.8, 4) is 0 Å². The smallest absolute Gasteiger partial charge is 0.462 e. The van der Waals surface area contributed by atoms with Gasteiger partial charge in [-0.25, -0.2) is 4.57 Å². The first-order valence-electron chi connectivity index (χ1n) is 39.7. The summed E-state index contributed by atoms with van der Waals surface area (Å²) < 4.78 is 33.3. The van der Waals surface area contributed by atoms with Gasteiger partial charge in [0.15, 0.2) is 6.10 Å². The Hall–Kier alpha value is -3.07. The summed E-state index contributed by atoms with van der Waals surface area (Å²) in [5.74, 6) is -0.807. The monoisotopic (exact) mass is 1320 g/mol. The lowest BCUT2D eigenvalue weighted by molar-refractivity contribution is -0.161. The second kappa shape index (κ2) is 77.9. The van der Waals surface area contributed by atoms with Gasteiger partial charge in [0.25, 0.3) is 0 Å². The molecule has 0 aliphatic carbocycles. The molecule has 0 aromatic heterocycles. The minimum atomic E-state index is -4.40. The van der Waals surface area contributed by atoms with Gasteiger partial charge >= 0.3 is 19.8 Å². The molecule has 0 spiro atoms. The van der Waals surface area contributed by atoms with Crippen molar-refractivity contribution < 1.29 is 37.6 Å². The number of carbonyl (C=O) groups excluding carboxylic acids is 2. The van der Waals surface area contributed by atoms with E-state index in [0.717, 1.165) is 83.5 Å². The standard InChI is InChI=1S/C83H150NO8P/c1-3-5-7-9-11-13-15-17-19-21-23-25-27-29-31-33-35-37-39-40-42-44-46-48-50-52-54-56-58-60-62-64-66-68-70-72-74-76-83(86)92-81(80-91-93(87,88)90-78-77-84)79-89-82(85)75-73-71-69-67-65-63-61-59-57-55-53-51-49-47-45-43-41-38-36-34-32-30-28-26-24-22-20-18-16-14-12-10-8-6-4-2/h5-8,11-14,17-20,23-26,81H,3-4,9-10,15-16,21-22,27-80,84H2,1-2H3,(H,87,88)/b7-5-,8-6-,13-11-,14-12-,19-17-,20-18-,25-23-,26-24-. The Morgan fingerprint density at radius 3 is 0.828 bits per heavy atom. The molecule has 3 N–H and O–H groups in total. The van der Waals surface area contributed by atoms with Crippen LogP contribution < -0.4 is 5.73 Å². The number of allylic oxidation sites excluding steroid dienone is 16. The molecule has 93 heavy (non-hydrogen) atoms. The molecule has 2 unspecified atom stereocenters. The first kappa shape index (κ1) is 89.9. The quantitative estimate of drug-likeness (QED) is 0.0264. The van der Waals surface area contributed by atoms with Crippen LogP contribution in [0.1, 0.15) is 386 Å². The number of ether oxygens (including phenoxy) is 2. The molecular weight excluding hydrogens is 1170 g/mol. The fourth-order valence-corrected chi connectivity index (χ4v) is 12.4. The number of hydrogen-bond acceptors (Lipinski definition) is 8. The molecule has 0 fully saturated rings. The average molecular weight is 1320 g/mol. The van der Waals surface area contributed by atoms with E-state index in [9.17, 15) is 19.0 Å². The highest BCUT2D eigenvalue weighted by atomic mass is 31.2. The first-order chi connectivity index (χ1) is 45.8. The SMILES string of the molecule is CC/C=C\C/C=C\C/C=C\C/C=C\CCCCCCCCCCCCCCCCCCCCCCCCCCC(=O)OC(COC(=O)CCCCCCCCCCCCCCCCCCCCCCCC/C=C\C/C=C\C/C=C\C/C=C\CC)COP(=O)(O)OCCN. The maximum absolute atomic E-state index is 12.8. The van der Waals surface area contributed by atoms with E-state index in [-0.39, 0.29) is 38.6 Å². The van der Waals surface area contributed by atoms with Crippen LogP contribution in [0.5, 0.6) is 0 Å². The Balaban J connectivity index is 3.76. The largest absolute Gasteiger partial charge is 0.472 e. The number of unbranched alkanes of at least 4 members (excludes halogenated alkanes) is 46. The fourth-order valence-electron chi connectivity index (χ4n) is 11.7. The molecule has 0 aromatic carbocycles. The molecule has 0 saturated heterocycles. The van der Waals surface area contributed by atoms with Crippen molar-refractivity contribution in [2.75, 3.05) is 26.4 Å². The number of phosphoric ester groups is 1. The molecule has 0 aliphatic heterocycles. The molecule has 0 aromatic rings. The Bertz CT molecular complexity index is 1850. The van der Waals surface area contributed by atoms with Crippen molar-refractivity contribution in [2.24, 2.45) is 5.73 Å². The fraction of sp³-hybridized carbons (Fsp3) is 0.783. The number of rotatable bonds is 75. The third kappa shape index (κ3) is 77.8. The summed E-state index contributed by atoms with van der Waals surface area (Å²) in [5.41, 5.74) is 5.42. The summed E-state index contributed by atoms with van der Waals surface area (Å²) in [6.45, 7) is 3.58. The lowest BCUT2D eigenvalue weighted by Gasteiger charge is -2.19. The van der Waals surface area contributed by atoms with Gasteiger partial charge in [0.2, 0.25) is 0 Å². The zero-order valence-electron chi connectivity index (χ0n) is 61.0. The third-order valence-corrected chi connectivity index (χ3v) is 18.4. The minimum Gasteiger partial charge on any atom is -0.462 e. The predicted octanol–water partition coefficient (Wildman–Crippen LogP) is 26.6. The summed E-state index contributed by atoms with van der Waals surface area (Å²) in [7, 11) is -4.40. The van der Waals surface area contributed by atoms with Gasteiger partial charge in [-0.05, 0) is 89.9 Å². The molecule has 2 atom stereocenters. The number of phosphoric acid groups is 1. The Morgan fingerprint density at radius 1 is 0.323 bits per heavy atom. The van der Waals surface area contributed by atoms with Gasteiger partial charge in [0.05, 0.1) is 13.2 Å². The second-order valence-electron chi connectivity index (χ2n) is 26.5. The molecule has 0 radical (unpaired) electrons. The minimum absolute atomic E-state index is 0.0540.